The molecular weight excluding hydrogens is 446 g/mol. The van der Waals surface area contributed by atoms with Crippen LogP contribution in [-0.2, 0) is 0 Å². The van der Waals surface area contributed by atoms with Gasteiger partial charge < -0.3 is 15.3 Å². The Labute approximate surface area is 195 Å². The first-order valence-electron chi connectivity index (χ1n) is 10.5. The summed E-state index contributed by atoms with van der Waals surface area (Å²) in [5.41, 5.74) is 2.69. The molecule has 0 bridgehead atoms. The largest absolute Gasteiger partial charge is 0.478 e. The number of carboxylic acids is 1. The Morgan fingerprint density at radius 1 is 1.22 bits per heavy atom. The molecule has 0 radical (unpaired) electrons. The number of carboxylic acid groups (broad SMARTS) is 1. The van der Waals surface area contributed by atoms with Crippen LogP contribution in [0.3, 0.4) is 0 Å². The van der Waals surface area contributed by atoms with E-state index in [1.165, 1.54) is 11.3 Å². The summed E-state index contributed by atoms with van der Waals surface area (Å²) >= 11 is 7.33. The average Bonchev–Trinajstić information content (AvgIpc) is 3.19. The molecule has 0 spiro atoms. The van der Waals surface area contributed by atoms with E-state index in [1.54, 1.807) is 12.1 Å². The van der Waals surface area contributed by atoms with Gasteiger partial charge in [-0.2, -0.15) is 0 Å². The number of piperidine rings is 1. The quantitative estimate of drug-likeness (QED) is 0.523. The number of hydrogen-bond acceptors (Lipinski definition) is 5. The zero-order chi connectivity index (χ0) is 22.7. The van der Waals surface area contributed by atoms with E-state index < -0.39 is 5.97 Å². The summed E-state index contributed by atoms with van der Waals surface area (Å²) in [5.74, 6) is -0.796. The van der Waals surface area contributed by atoms with Crippen molar-refractivity contribution in [2.75, 3.05) is 24.5 Å². The van der Waals surface area contributed by atoms with Crippen molar-refractivity contribution in [3.8, 4) is 10.6 Å². The molecule has 1 fully saturated rings. The minimum absolute atomic E-state index is 0.122. The maximum Gasteiger partial charge on any atom is 0.337 e. The van der Waals surface area contributed by atoms with E-state index in [0.717, 1.165) is 35.6 Å². The lowest BCUT2D eigenvalue weighted by Gasteiger charge is -2.35. The molecule has 1 aromatic heterocycles. The van der Waals surface area contributed by atoms with Crippen molar-refractivity contribution in [1.29, 1.82) is 0 Å². The van der Waals surface area contributed by atoms with Crippen molar-refractivity contribution in [3.05, 3.63) is 69.7 Å². The lowest BCUT2D eigenvalue weighted by atomic mass is 9.96. The predicted octanol–water partition coefficient (Wildman–Crippen LogP) is 5.12. The zero-order valence-corrected chi connectivity index (χ0v) is 19.2. The molecule has 0 saturated carbocycles. The Morgan fingerprint density at radius 3 is 2.72 bits per heavy atom. The molecule has 1 amide bonds. The van der Waals surface area contributed by atoms with Crippen molar-refractivity contribution in [3.63, 3.8) is 0 Å². The second-order valence-electron chi connectivity index (χ2n) is 7.93. The molecule has 3 aromatic rings. The molecule has 1 aliphatic heterocycles. The number of hydrogen-bond donors (Lipinski definition) is 2. The van der Waals surface area contributed by atoms with Crippen molar-refractivity contribution in [1.82, 2.24) is 10.3 Å². The average molecular weight is 470 g/mol. The molecule has 1 saturated heterocycles. The number of amides is 1. The Kier molecular flexibility index (Phi) is 6.77. The maximum absolute atomic E-state index is 12.8. The van der Waals surface area contributed by atoms with Crippen molar-refractivity contribution < 1.29 is 14.7 Å². The van der Waals surface area contributed by atoms with Gasteiger partial charge in [-0.1, -0.05) is 35.9 Å². The van der Waals surface area contributed by atoms with Crippen LogP contribution in [-0.4, -0.2) is 41.6 Å². The fraction of sp³-hybridized carbons (Fsp3) is 0.292. The Bertz CT molecular complexity index is 1130. The van der Waals surface area contributed by atoms with Crippen LogP contribution in [0.2, 0.25) is 5.02 Å². The number of aryl methyl sites for hydroxylation is 1. The number of thiazole rings is 1. The van der Waals surface area contributed by atoms with Crippen LogP contribution in [0, 0.1) is 12.8 Å². The normalized spacial score (nSPS) is 16.1. The summed E-state index contributed by atoms with van der Waals surface area (Å²) in [5, 5.41) is 14.0. The van der Waals surface area contributed by atoms with E-state index in [9.17, 15) is 14.7 Å². The molecule has 1 atom stereocenters. The molecule has 0 aliphatic carbocycles. The number of anilines is 1. The van der Waals surface area contributed by atoms with E-state index in [1.807, 2.05) is 43.3 Å². The molecule has 0 unspecified atom stereocenters. The van der Waals surface area contributed by atoms with E-state index in [4.69, 9.17) is 11.6 Å². The monoisotopic (exact) mass is 469 g/mol. The number of benzene rings is 2. The number of rotatable bonds is 6. The third-order valence-corrected chi connectivity index (χ3v) is 7.10. The Balaban J connectivity index is 1.40. The number of para-hydroxylation sites is 1. The number of nitrogens with one attached hydrogen (secondary N) is 1. The molecule has 4 rings (SSSR count). The number of aromatic carboxylic acids is 1. The minimum atomic E-state index is -0.923. The van der Waals surface area contributed by atoms with Gasteiger partial charge in [0.15, 0.2) is 0 Å². The van der Waals surface area contributed by atoms with Gasteiger partial charge in [0.25, 0.3) is 5.91 Å². The topological polar surface area (TPSA) is 82.5 Å². The zero-order valence-electron chi connectivity index (χ0n) is 17.7. The Hall–Kier alpha value is -2.90. The van der Waals surface area contributed by atoms with Gasteiger partial charge in [-0.15, -0.1) is 11.3 Å². The van der Waals surface area contributed by atoms with Gasteiger partial charge in [0, 0.05) is 30.2 Å². The van der Waals surface area contributed by atoms with Gasteiger partial charge in [0.2, 0.25) is 0 Å². The number of nitrogens with zero attached hydrogens (tertiary/aromatic N) is 2. The number of carbonyl (C=O) groups excluding carboxylic acids is 1. The maximum atomic E-state index is 12.8. The van der Waals surface area contributed by atoms with Crippen molar-refractivity contribution in [2.24, 2.45) is 5.92 Å². The van der Waals surface area contributed by atoms with Crippen LogP contribution in [0.25, 0.3) is 10.6 Å². The second-order valence-corrected chi connectivity index (χ2v) is 9.36. The van der Waals surface area contributed by atoms with E-state index in [-0.39, 0.29) is 11.8 Å². The lowest BCUT2D eigenvalue weighted by Crippen LogP contribution is -2.41. The van der Waals surface area contributed by atoms with E-state index in [0.29, 0.717) is 34.2 Å². The highest BCUT2D eigenvalue weighted by atomic mass is 35.5. The summed E-state index contributed by atoms with van der Waals surface area (Å²) in [6, 6.07) is 14.5. The summed E-state index contributed by atoms with van der Waals surface area (Å²) in [4.78, 5) is 31.7. The summed E-state index contributed by atoms with van der Waals surface area (Å²) in [6.07, 6.45) is 1.94. The van der Waals surface area contributed by atoms with Gasteiger partial charge >= 0.3 is 5.97 Å². The van der Waals surface area contributed by atoms with Gasteiger partial charge in [-0.3, -0.25) is 4.79 Å². The smallest absolute Gasteiger partial charge is 0.337 e. The highest BCUT2D eigenvalue weighted by Gasteiger charge is 2.24. The molecule has 2 heterocycles. The van der Waals surface area contributed by atoms with Gasteiger partial charge in [0.05, 0.1) is 16.9 Å². The van der Waals surface area contributed by atoms with Crippen LogP contribution in [0.1, 0.15) is 38.6 Å². The van der Waals surface area contributed by atoms with Gasteiger partial charge in [-0.25, -0.2) is 9.78 Å². The molecule has 6 nitrogen and oxygen atoms in total. The summed E-state index contributed by atoms with van der Waals surface area (Å²) in [6.45, 7) is 3.91. The summed E-state index contributed by atoms with van der Waals surface area (Å²) < 4.78 is 0. The molecule has 166 valence electrons. The fourth-order valence-electron chi connectivity index (χ4n) is 4.02. The molecular formula is C24H24ClN3O3S. The van der Waals surface area contributed by atoms with Crippen LogP contribution < -0.4 is 10.2 Å². The number of carbonyl (C=O) groups is 2. The standard InChI is InChI=1S/C24H24ClN3O3S/c1-15-21(32-23(27-15)17-8-10-18(25)11-9-17)22(29)26-13-16-5-4-12-28(14-16)20-7-3-2-6-19(20)24(30)31/h2-3,6-11,16H,4-5,12-14H2,1H3,(H,26,29)(H,30,31)/t16-/m0/s1. The van der Waals surface area contributed by atoms with E-state index in [2.05, 4.69) is 15.2 Å². The highest BCUT2D eigenvalue weighted by Crippen LogP contribution is 2.29. The third kappa shape index (κ3) is 4.95. The van der Waals surface area contributed by atoms with Crippen LogP contribution in [0.15, 0.2) is 48.5 Å². The van der Waals surface area contributed by atoms with Crippen LogP contribution in [0.5, 0.6) is 0 Å². The van der Waals surface area contributed by atoms with Crippen molar-refractivity contribution >= 4 is 40.5 Å². The first-order valence-corrected chi connectivity index (χ1v) is 11.7. The highest BCUT2D eigenvalue weighted by molar-refractivity contribution is 7.17. The number of aromatic nitrogens is 1. The first-order chi connectivity index (χ1) is 15.4. The number of halogens is 1. The third-order valence-electron chi connectivity index (χ3n) is 5.64. The SMILES string of the molecule is Cc1nc(-c2ccc(Cl)cc2)sc1C(=O)NC[C@@H]1CCCN(c2ccccc2C(=O)O)C1. The van der Waals surface area contributed by atoms with Gasteiger partial charge in [0.1, 0.15) is 9.88 Å². The van der Waals surface area contributed by atoms with Gasteiger partial charge in [-0.05, 0) is 49.9 Å². The molecule has 8 heteroatoms. The van der Waals surface area contributed by atoms with Crippen LogP contribution in [0.4, 0.5) is 5.69 Å². The second kappa shape index (κ2) is 9.71. The molecule has 32 heavy (non-hydrogen) atoms. The Morgan fingerprint density at radius 2 is 1.97 bits per heavy atom. The molecule has 1 aliphatic rings. The fourth-order valence-corrected chi connectivity index (χ4v) is 5.14. The van der Waals surface area contributed by atoms with E-state index >= 15 is 0 Å². The predicted molar refractivity (Wildman–Crippen MR) is 128 cm³/mol. The minimum Gasteiger partial charge on any atom is -0.478 e. The van der Waals surface area contributed by atoms with Crippen molar-refractivity contribution in [2.45, 2.75) is 19.8 Å². The molecule has 2 aromatic carbocycles. The summed E-state index contributed by atoms with van der Waals surface area (Å²) in [7, 11) is 0. The lowest BCUT2D eigenvalue weighted by molar-refractivity contribution is 0.0697. The first kappa shape index (κ1) is 22.3. The van der Waals surface area contributed by atoms with Crippen LogP contribution >= 0.6 is 22.9 Å². The molecule has 2 N–H and O–H groups in total.